The van der Waals surface area contributed by atoms with Gasteiger partial charge < -0.3 is 14.2 Å². The van der Waals surface area contributed by atoms with Gasteiger partial charge in [0.05, 0.1) is 35.3 Å². The maximum Gasteiger partial charge on any atom is 0.337 e. The van der Waals surface area contributed by atoms with Crippen LogP contribution in [0.1, 0.15) is 35.3 Å². The van der Waals surface area contributed by atoms with Crippen molar-refractivity contribution in [3.05, 3.63) is 72.1 Å². The van der Waals surface area contributed by atoms with Crippen LogP contribution < -0.4 is 0 Å². The summed E-state index contributed by atoms with van der Waals surface area (Å²) in [7, 11) is 5.45. The number of hydrogen-bond donors (Lipinski definition) is 0. The number of imidazole rings is 1. The summed E-state index contributed by atoms with van der Waals surface area (Å²) in [6.45, 7) is 2.18. The topological polar surface area (TPSA) is 60.2 Å². The van der Waals surface area contributed by atoms with Gasteiger partial charge in [0.1, 0.15) is 10.8 Å². The monoisotopic (exact) mass is 452 g/mol. The van der Waals surface area contributed by atoms with E-state index in [4.69, 9.17) is 4.74 Å². The third-order valence-electron chi connectivity index (χ3n) is 5.61. The van der Waals surface area contributed by atoms with Crippen molar-refractivity contribution < 1.29 is 13.9 Å². The molecule has 4 aromatic rings. The molecule has 0 spiro atoms. The molecule has 32 heavy (non-hydrogen) atoms. The molecule has 0 fully saturated rings. The second kappa shape index (κ2) is 9.18. The quantitative estimate of drug-likeness (QED) is 0.369. The van der Waals surface area contributed by atoms with Crippen LogP contribution in [0.5, 0.6) is 0 Å². The van der Waals surface area contributed by atoms with Gasteiger partial charge >= 0.3 is 5.97 Å². The lowest BCUT2D eigenvalue weighted by atomic mass is 9.96. The Bertz CT molecular complexity index is 1240. The number of aromatic nitrogens is 3. The molecular formula is C24H25FN4O2S. The average Bonchev–Trinajstić information content (AvgIpc) is 3.45. The third-order valence-corrected chi connectivity index (χ3v) is 6.68. The molecular weight excluding hydrogens is 427 g/mol. The van der Waals surface area contributed by atoms with E-state index >= 15 is 0 Å². The molecule has 166 valence electrons. The Kier molecular flexibility index (Phi) is 6.34. The van der Waals surface area contributed by atoms with Gasteiger partial charge in [-0.1, -0.05) is 13.0 Å². The second-order valence-corrected chi connectivity index (χ2v) is 8.89. The summed E-state index contributed by atoms with van der Waals surface area (Å²) < 4.78 is 22.0. The zero-order chi connectivity index (χ0) is 22.8. The molecule has 6 nitrogen and oxygen atoms in total. The maximum absolute atomic E-state index is 14.2. The first-order valence-electron chi connectivity index (χ1n) is 10.3. The van der Waals surface area contributed by atoms with Crippen molar-refractivity contribution in [2.75, 3.05) is 21.2 Å². The zero-order valence-corrected chi connectivity index (χ0v) is 19.3. The van der Waals surface area contributed by atoms with E-state index in [2.05, 4.69) is 52.6 Å². The van der Waals surface area contributed by atoms with Crippen LogP contribution in [0.25, 0.3) is 20.8 Å². The van der Waals surface area contributed by atoms with Crippen molar-refractivity contribution in [1.29, 1.82) is 0 Å². The van der Waals surface area contributed by atoms with E-state index < -0.39 is 11.8 Å². The van der Waals surface area contributed by atoms with E-state index in [1.165, 1.54) is 30.6 Å². The molecule has 2 heterocycles. The van der Waals surface area contributed by atoms with Gasteiger partial charge in [0, 0.05) is 24.0 Å². The summed E-state index contributed by atoms with van der Waals surface area (Å²) in [5.41, 5.74) is 2.71. The minimum Gasteiger partial charge on any atom is -0.465 e. The molecule has 0 aliphatic rings. The number of esters is 1. The van der Waals surface area contributed by atoms with E-state index in [0.717, 1.165) is 22.2 Å². The molecule has 2 aromatic carbocycles. The Balaban J connectivity index is 1.78. The highest BCUT2D eigenvalue weighted by atomic mass is 32.1. The first kappa shape index (κ1) is 22.1. The Labute approximate surface area is 190 Å². The van der Waals surface area contributed by atoms with Crippen molar-refractivity contribution in [2.45, 2.75) is 25.4 Å². The van der Waals surface area contributed by atoms with Crippen molar-refractivity contribution >= 4 is 27.5 Å². The van der Waals surface area contributed by atoms with Crippen LogP contribution in [0.3, 0.4) is 0 Å². The van der Waals surface area contributed by atoms with Gasteiger partial charge in [-0.25, -0.2) is 19.2 Å². The lowest BCUT2D eigenvalue weighted by Gasteiger charge is -2.33. The Morgan fingerprint density at radius 2 is 2.06 bits per heavy atom. The van der Waals surface area contributed by atoms with Gasteiger partial charge in [-0.05, 0) is 56.4 Å². The van der Waals surface area contributed by atoms with Crippen molar-refractivity contribution in [3.8, 4) is 10.6 Å². The first-order chi connectivity index (χ1) is 15.4. The number of halogens is 1. The number of nitrogens with zero attached hydrogens (tertiary/aromatic N) is 4. The number of methoxy groups -OCH3 is 1. The minimum atomic E-state index is -0.577. The number of carbonyl (C=O) groups is 1. The Morgan fingerprint density at radius 3 is 2.72 bits per heavy atom. The molecule has 8 heteroatoms. The summed E-state index contributed by atoms with van der Waals surface area (Å²) in [6, 6.07) is 10.8. The lowest BCUT2D eigenvalue weighted by molar-refractivity contribution is 0.0600. The fourth-order valence-electron chi connectivity index (χ4n) is 4.10. The zero-order valence-electron chi connectivity index (χ0n) is 18.4. The fraction of sp³-hybridized carbons (Fsp3) is 0.292. The van der Waals surface area contributed by atoms with E-state index in [1.54, 1.807) is 12.3 Å². The summed E-state index contributed by atoms with van der Waals surface area (Å²) >= 11 is 1.48. The predicted octanol–water partition coefficient (Wildman–Crippen LogP) is 5.02. The number of ether oxygens (including phenoxy) is 1. The highest BCUT2D eigenvalue weighted by Gasteiger charge is 2.26. The molecule has 0 saturated carbocycles. The minimum absolute atomic E-state index is 0.0903. The van der Waals surface area contributed by atoms with Gasteiger partial charge in [0.2, 0.25) is 0 Å². The van der Waals surface area contributed by atoms with Crippen molar-refractivity contribution in [3.63, 3.8) is 0 Å². The fourth-order valence-corrected chi connectivity index (χ4v) is 5.10. The van der Waals surface area contributed by atoms with E-state index in [1.807, 2.05) is 18.6 Å². The summed E-state index contributed by atoms with van der Waals surface area (Å²) in [5, 5.41) is 0.653. The van der Waals surface area contributed by atoms with Crippen LogP contribution in [0.2, 0.25) is 0 Å². The van der Waals surface area contributed by atoms with Crippen LogP contribution in [0.15, 0.2) is 55.1 Å². The van der Waals surface area contributed by atoms with Crippen molar-refractivity contribution in [1.82, 2.24) is 19.4 Å². The highest BCUT2D eigenvalue weighted by Crippen LogP contribution is 2.35. The van der Waals surface area contributed by atoms with Crippen LogP contribution in [-0.4, -0.2) is 52.7 Å². The number of thiazole rings is 1. The van der Waals surface area contributed by atoms with E-state index in [9.17, 15) is 9.18 Å². The molecule has 0 N–H and O–H groups in total. The summed E-state index contributed by atoms with van der Waals surface area (Å²) in [6.07, 6.45) is 6.60. The number of hydrogen-bond acceptors (Lipinski definition) is 6. The van der Waals surface area contributed by atoms with Gasteiger partial charge in [-0.2, -0.15) is 0 Å². The smallest absolute Gasteiger partial charge is 0.337 e. The number of likely N-dealkylation sites (N-methyl/N-ethyl adjacent to an activating group) is 1. The molecule has 2 atom stereocenters. The van der Waals surface area contributed by atoms with Crippen LogP contribution in [0, 0.1) is 5.82 Å². The number of rotatable bonds is 7. The summed E-state index contributed by atoms with van der Waals surface area (Å²) in [4.78, 5) is 23.0. The normalized spacial score (nSPS) is 13.4. The molecule has 0 bridgehead atoms. The van der Waals surface area contributed by atoms with Crippen LogP contribution in [-0.2, 0) is 4.74 Å². The summed E-state index contributed by atoms with van der Waals surface area (Å²) in [5.74, 6) is -1.08. The molecule has 4 rings (SSSR count). The molecule has 0 aliphatic heterocycles. The van der Waals surface area contributed by atoms with E-state index in [0.29, 0.717) is 10.6 Å². The third kappa shape index (κ3) is 4.28. The average molecular weight is 453 g/mol. The maximum atomic E-state index is 14.2. The largest absolute Gasteiger partial charge is 0.465 e. The molecule has 2 aromatic heterocycles. The van der Waals surface area contributed by atoms with Gasteiger partial charge in [0.15, 0.2) is 0 Å². The van der Waals surface area contributed by atoms with Gasteiger partial charge in [-0.3, -0.25) is 0 Å². The van der Waals surface area contributed by atoms with E-state index in [-0.39, 0.29) is 17.6 Å². The number of benzene rings is 2. The first-order valence-corrected chi connectivity index (χ1v) is 11.2. The molecule has 0 saturated heterocycles. The van der Waals surface area contributed by atoms with Crippen LogP contribution in [0.4, 0.5) is 4.39 Å². The van der Waals surface area contributed by atoms with Gasteiger partial charge in [0.25, 0.3) is 0 Å². The molecule has 0 radical (unpaired) electrons. The second-order valence-electron chi connectivity index (χ2n) is 7.86. The highest BCUT2D eigenvalue weighted by molar-refractivity contribution is 7.21. The van der Waals surface area contributed by atoms with Crippen molar-refractivity contribution in [2.24, 2.45) is 0 Å². The molecule has 0 aliphatic carbocycles. The predicted molar refractivity (Wildman–Crippen MR) is 124 cm³/mol. The lowest BCUT2D eigenvalue weighted by Crippen LogP contribution is -2.36. The van der Waals surface area contributed by atoms with Gasteiger partial charge in [-0.15, -0.1) is 11.3 Å². The van der Waals surface area contributed by atoms with Crippen LogP contribution >= 0.6 is 11.3 Å². The molecule has 0 amide bonds. The standard InChI is InChI=1S/C24H25FN4O2S/c1-5-20(28(2)3)22(29-9-8-26-14-29)15-6-7-19-21(13-15)32-23(27-19)16-10-17(24(30)31-4)12-18(25)11-16/h6-14,20,22H,5H2,1-4H3. The molecule has 2 unspecified atom stereocenters. The Hall–Kier alpha value is -3.10. The number of fused-ring (bicyclic) bond motifs is 1. The Morgan fingerprint density at radius 1 is 1.25 bits per heavy atom. The SMILES string of the molecule is CCC(C(c1ccc2nc(-c3cc(F)cc(C(=O)OC)c3)sc2c1)n1ccnc1)N(C)C. The number of carbonyl (C=O) groups excluding carboxylic acids is 1.